The van der Waals surface area contributed by atoms with Crippen molar-refractivity contribution in [2.75, 3.05) is 0 Å². The number of hydrogen-bond donors (Lipinski definition) is 2. The topological polar surface area (TPSA) is 96.9 Å². The van der Waals surface area contributed by atoms with Crippen LogP contribution in [0.4, 0.5) is 0 Å². The van der Waals surface area contributed by atoms with E-state index in [0.717, 1.165) is 5.69 Å². The monoisotopic (exact) mass is 324 g/mol. The van der Waals surface area contributed by atoms with E-state index in [1.807, 2.05) is 12.1 Å². The largest absolute Gasteiger partial charge is 0.350 e. The van der Waals surface area contributed by atoms with Crippen molar-refractivity contribution in [2.45, 2.75) is 19.5 Å². The summed E-state index contributed by atoms with van der Waals surface area (Å²) >= 11 is 0. The summed E-state index contributed by atoms with van der Waals surface area (Å²) in [7, 11) is 0. The van der Waals surface area contributed by atoms with E-state index in [1.54, 1.807) is 36.5 Å². The van der Waals surface area contributed by atoms with Crippen LogP contribution < -0.4 is 16.6 Å². The highest BCUT2D eigenvalue weighted by Crippen LogP contribution is 2.07. The third kappa shape index (κ3) is 3.40. The van der Waals surface area contributed by atoms with Crippen molar-refractivity contribution < 1.29 is 4.79 Å². The van der Waals surface area contributed by atoms with E-state index in [2.05, 4.69) is 15.3 Å². The number of carbonyl (C=O) groups excluding carboxylic acids is 1. The van der Waals surface area contributed by atoms with Crippen molar-refractivity contribution in [3.63, 3.8) is 0 Å². The van der Waals surface area contributed by atoms with E-state index in [4.69, 9.17) is 0 Å². The van der Waals surface area contributed by atoms with Crippen LogP contribution in [0.2, 0.25) is 0 Å². The van der Waals surface area contributed by atoms with Crippen molar-refractivity contribution in [1.82, 2.24) is 19.9 Å². The maximum atomic E-state index is 12.0. The summed E-state index contributed by atoms with van der Waals surface area (Å²) in [5, 5.41) is 3.18. The second-order valence-corrected chi connectivity index (χ2v) is 5.28. The lowest BCUT2D eigenvalue weighted by molar-refractivity contribution is -0.121. The van der Waals surface area contributed by atoms with Crippen LogP contribution in [0.5, 0.6) is 0 Å². The van der Waals surface area contributed by atoms with Crippen LogP contribution in [0.15, 0.2) is 58.3 Å². The minimum absolute atomic E-state index is 0.128. The number of pyridine rings is 1. The molecule has 2 heterocycles. The maximum Gasteiger partial charge on any atom is 0.328 e. The quantitative estimate of drug-likeness (QED) is 0.725. The summed E-state index contributed by atoms with van der Waals surface area (Å²) in [6.07, 6.45) is 1.79. The second-order valence-electron chi connectivity index (χ2n) is 5.28. The first-order chi connectivity index (χ1) is 11.6. The van der Waals surface area contributed by atoms with Crippen molar-refractivity contribution in [3.8, 4) is 0 Å². The standard InChI is InChI=1S/C17H16N4O3/c22-15(19-11-12-5-3-4-9-18-12)8-10-21-14-7-2-1-6-13(14)16(23)20-17(21)24/h1-7,9H,8,10-11H2,(H,19,22)(H,20,23,24). The highest BCUT2D eigenvalue weighted by atomic mass is 16.2. The number of carbonyl (C=O) groups is 1. The number of benzene rings is 1. The molecule has 3 rings (SSSR count). The van der Waals surface area contributed by atoms with E-state index in [0.29, 0.717) is 17.4 Å². The predicted octanol–water partition coefficient (Wildman–Crippen LogP) is 0.791. The summed E-state index contributed by atoms with van der Waals surface area (Å²) in [4.78, 5) is 42.2. The van der Waals surface area contributed by atoms with Crippen LogP contribution in [-0.4, -0.2) is 20.4 Å². The van der Waals surface area contributed by atoms with Crippen LogP contribution in [-0.2, 0) is 17.9 Å². The highest BCUT2D eigenvalue weighted by molar-refractivity contribution is 5.78. The Morgan fingerprint density at radius 3 is 2.71 bits per heavy atom. The Kier molecular flexibility index (Phi) is 4.51. The summed E-state index contributed by atoms with van der Waals surface area (Å²) in [6.45, 7) is 0.519. The Labute approximate surface area is 137 Å². The van der Waals surface area contributed by atoms with Gasteiger partial charge in [-0.05, 0) is 24.3 Å². The fourth-order valence-corrected chi connectivity index (χ4v) is 2.46. The lowest BCUT2D eigenvalue weighted by Gasteiger charge is -2.09. The number of nitrogens with one attached hydrogen (secondary N) is 2. The average molecular weight is 324 g/mol. The van der Waals surface area contributed by atoms with Gasteiger partial charge in [0.1, 0.15) is 0 Å². The van der Waals surface area contributed by atoms with E-state index >= 15 is 0 Å². The molecule has 2 N–H and O–H groups in total. The van der Waals surface area contributed by atoms with Gasteiger partial charge in [-0.15, -0.1) is 0 Å². The normalized spacial score (nSPS) is 10.7. The van der Waals surface area contributed by atoms with Crippen molar-refractivity contribution in [2.24, 2.45) is 0 Å². The number of amides is 1. The number of aromatic nitrogens is 3. The van der Waals surface area contributed by atoms with Gasteiger partial charge in [0.15, 0.2) is 0 Å². The molecular formula is C17H16N4O3. The second kappa shape index (κ2) is 6.91. The van der Waals surface area contributed by atoms with Crippen molar-refractivity contribution >= 4 is 16.8 Å². The minimum atomic E-state index is -0.517. The Bertz CT molecular complexity index is 976. The molecule has 0 saturated heterocycles. The molecule has 7 nitrogen and oxygen atoms in total. The molecule has 0 aliphatic rings. The molecule has 0 spiro atoms. The van der Waals surface area contributed by atoms with Gasteiger partial charge in [-0.25, -0.2) is 4.79 Å². The SMILES string of the molecule is O=C(CCn1c(=O)[nH]c(=O)c2ccccc21)NCc1ccccn1. The lowest BCUT2D eigenvalue weighted by atomic mass is 10.2. The van der Waals surface area contributed by atoms with Gasteiger partial charge in [0.05, 0.1) is 23.1 Å². The fourth-order valence-electron chi connectivity index (χ4n) is 2.46. The van der Waals surface area contributed by atoms with E-state index in [9.17, 15) is 14.4 Å². The van der Waals surface area contributed by atoms with Crippen LogP contribution in [0, 0.1) is 0 Å². The number of aryl methyl sites for hydroxylation is 1. The number of nitrogens with zero attached hydrogens (tertiary/aromatic N) is 2. The molecule has 24 heavy (non-hydrogen) atoms. The summed E-state index contributed by atoms with van der Waals surface area (Å²) in [5.74, 6) is -0.192. The van der Waals surface area contributed by atoms with Gasteiger partial charge in [0.25, 0.3) is 5.56 Å². The van der Waals surface area contributed by atoms with Crippen LogP contribution in [0.3, 0.4) is 0 Å². The zero-order valence-corrected chi connectivity index (χ0v) is 12.9. The van der Waals surface area contributed by atoms with Gasteiger partial charge in [0.2, 0.25) is 5.91 Å². The van der Waals surface area contributed by atoms with E-state index in [-0.39, 0.29) is 18.9 Å². The minimum Gasteiger partial charge on any atom is -0.350 e. The van der Waals surface area contributed by atoms with Gasteiger partial charge < -0.3 is 5.32 Å². The molecule has 0 aliphatic carbocycles. The third-order valence-corrected chi connectivity index (χ3v) is 3.66. The first kappa shape index (κ1) is 15.7. The molecule has 0 unspecified atom stereocenters. The smallest absolute Gasteiger partial charge is 0.328 e. The number of hydrogen-bond acceptors (Lipinski definition) is 4. The molecular weight excluding hydrogens is 308 g/mol. The number of aromatic amines is 1. The predicted molar refractivity (Wildman–Crippen MR) is 89.5 cm³/mol. The summed E-state index contributed by atoms with van der Waals surface area (Å²) in [5.41, 5.74) is 0.337. The number of para-hydroxylation sites is 1. The van der Waals surface area contributed by atoms with E-state index in [1.165, 1.54) is 4.57 Å². The van der Waals surface area contributed by atoms with Crippen LogP contribution >= 0.6 is 0 Å². The van der Waals surface area contributed by atoms with Crippen molar-refractivity contribution in [1.29, 1.82) is 0 Å². The molecule has 0 radical (unpaired) electrons. The Hall–Kier alpha value is -3.22. The Balaban J connectivity index is 1.71. The zero-order chi connectivity index (χ0) is 16.9. The third-order valence-electron chi connectivity index (χ3n) is 3.66. The number of rotatable bonds is 5. The van der Waals surface area contributed by atoms with E-state index < -0.39 is 11.2 Å². The molecule has 0 atom stereocenters. The number of fused-ring (bicyclic) bond motifs is 1. The first-order valence-corrected chi connectivity index (χ1v) is 7.53. The molecule has 7 heteroatoms. The summed E-state index contributed by atoms with van der Waals surface area (Å²) < 4.78 is 1.40. The molecule has 0 saturated carbocycles. The van der Waals surface area contributed by atoms with Crippen LogP contribution in [0.1, 0.15) is 12.1 Å². The molecule has 0 bridgehead atoms. The van der Waals surface area contributed by atoms with Gasteiger partial charge in [-0.3, -0.25) is 24.1 Å². The molecule has 1 amide bonds. The molecule has 1 aromatic carbocycles. The van der Waals surface area contributed by atoms with Crippen molar-refractivity contribution in [3.05, 3.63) is 75.2 Å². The lowest BCUT2D eigenvalue weighted by Crippen LogP contribution is -2.32. The maximum absolute atomic E-state index is 12.0. The molecule has 122 valence electrons. The molecule has 3 aromatic rings. The van der Waals surface area contributed by atoms with Gasteiger partial charge in [0, 0.05) is 19.2 Å². The van der Waals surface area contributed by atoms with Crippen LogP contribution in [0.25, 0.3) is 10.9 Å². The Morgan fingerprint density at radius 1 is 1.12 bits per heavy atom. The van der Waals surface area contributed by atoms with Gasteiger partial charge in [-0.2, -0.15) is 0 Å². The fraction of sp³-hybridized carbons (Fsp3) is 0.176. The number of H-pyrrole nitrogens is 1. The Morgan fingerprint density at radius 2 is 1.92 bits per heavy atom. The molecule has 0 aliphatic heterocycles. The average Bonchev–Trinajstić information content (AvgIpc) is 2.60. The van der Waals surface area contributed by atoms with Gasteiger partial charge in [-0.1, -0.05) is 18.2 Å². The summed E-state index contributed by atoms with van der Waals surface area (Å²) in [6, 6.07) is 12.3. The highest BCUT2D eigenvalue weighted by Gasteiger charge is 2.09. The molecule has 0 fully saturated rings. The molecule has 2 aromatic heterocycles. The zero-order valence-electron chi connectivity index (χ0n) is 12.9. The van der Waals surface area contributed by atoms with Gasteiger partial charge >= 0.3 is 5.69 Å². The first-order valence-electron chi connectivity index (χ1n) is 7.53.